The molecule has 0 spiro atoms. The zero-order valence-corrected chi connectivity index (χ0v) is 12.5. The molecule has 22 heavy (non-hydrogen) atoms. The van der Waals surface area contributed by atoms with Crippen molar-refractivity contribution in [2.75, 3.05) is 6.54 Å². The van der Waals surface area contributed by atoms with Crippen LogP contribution in [0.2, 0.25) is 5.02 Å². The van der Waals surface area contributed by atoms with E-state index in [2.05, 4.69) is 10.3 Å². The lowest BCUT2D eigenvalue weighted by Gasteiger charge is -2.22. The van der Waals surface area contributed by atoms with E-state index in [1.165, 1.54) is 4.90 Å². The van der Waals surface area contributed by atoms with E-state index in [9.17, 15) is 9.59 Å². The highest BCUT2D eigenvalue weighted by atomic mass is 35.5. The van der Waals surface area contributed by atoms with Crippen molar-refractivity contribution in [3.8, 4) is 0 Å². The number of rotatable bonds is 5. The summed E-state index contributed by atoms with van der Waals surface area (Å²) in [5.74, 6) is -0.333. The van der Waals surface area contributed by atoms with E-state index in [0.29, 0.717) is 17.1 Å². The second-order valence-corrected chi connectivity index (χ2v) is 5.47. The molecular formula is C15H15ClN4O2. The van der Waals surface area contributed by atoms with Crippen LogP contribution in [0.15, 0.2) is 43.0 Å². The maximum absolute atomic E-state index is 12.1. The third-order valence-corrected chi connectivity index (χ3v) is 3.97. The van der Waals surface area contributed by atoms with Crippen LogP contribution in [0.3, 0.4) is 0 Å². The fraction of sp³-hybridized carbons (Fsp3) is 0.267. The molecule has 3 rings (SSSR count). The summed E-state index contributed by atoms with van der Waals surface area (Å²) in [5.41, 5.74) is 0.648. The third-order valence-electron chi connectivity index (χ3n) is 3.63. The molecule has 114 valence electrons. The first-order valence-corrected chi connectivity index (χ1v) is 7.36. The van der Waals surface area contributed by atoms with Gasteiger partial charge >= 0.3 is 6.03 Å². The molecule has 1 aliphatic rings. The van der Waals surface area contributed by atoms with Crippen LogP contribution in [0.25, 0.3) is 0 Å². The summed E-state index contributed by atoms with van der Waals surface area (Å²) in [7, 11) is 0. The summed E-state index contributed by atoms with van der Waals surface area (Å²) in [5, 5.41) is 2.84. The summed E-state index contributed by atoms with van der Waals surface area (Å²) in [6.07, 6.45) is 6.01. The number of imidazole rings is 1. The van der Waals surface area contributed by atoms with Crippen LogP contribution in [-0.2, 0) is 11.3 Å². The van der Waals surface area contributed by atoms with Crippen molar-refractivity contribution in [1.82, 2.24) is 19.8 Å². The highest BCUT2D eigenvalue weighted by Crippen LogP contribution is 2.30. The Hall–Kier alpha value is -2.34. The SMILES string of the molecule is O=C1NC(=O)N(CCCn2ccnc2)C1c1ccccc1Cl. The Kier molecular flexibility index (Phi) is 4.11. The monoisotopic (exact) mass is 318 g/mol. The minimum Gasteiger partial charge on any atom is -0.337 e. The number of nitrogens with one attached hydrogen (secondary N) is 1. The number of benzene rings is 1. The summed E-state index contributed by atoms with van der Waals surface area (Å²) in [6, 6.07) is 6.06. The topological polar surface area (TPSA) is 67.2 Å². The van der Waals surface area contributed by atoms with E-state index in [1.54, 1.807) is 36.8 Å². The Morgan fingerprint density at radius 1 is 1.23 bits per heavy atom. The predicted octanol–water partition coefficient (Wildman–Crippen LogP) is 2.22. The smallest absolute Gasteiger partial charge is 0.325 e. The van der Waals surface area contributed by atoms with Crippen molar-refractivity contribution in [3.63, 3.8) is 0 Å². The first-order chi connectivity index (χ1) is 10.7. The lowest BCUT2D eigenvalue weighted by atomic mass is 10.1. The molecule has 1 atom stereocenters. The van der Waals surface area contributed by atoms with Crippen LogP contribution in [0, 0.1) is 0 Å². The molecule has 1 fully saturated rings. The molecule has 0 aliphatic carbocycles. The highest BCUT2D eigenvalue weighted by Gasteiger charge is 2.39. The van der Waals surface area contributed by atoms with Gasteiger partial charge < -0.3 is 9.47 Å². The number of carbonyl (C=O) groups is 2. The van der Waals surface area contributed by atoms with E-state index < -0.39 is 6.04 Å². The van der Waals surface area contributed by atoms with Crippen LogP contribution >= 0.6 is 11.6 Å². The van der Waals surface area contributed by atoms with E-state index in [1.807, 2.05) is 10.8 Å². The molecule has 0 radical (unpaired) electrons. The molecule has 2 aromatic rings. The fourth-order valence-electron chi connectivity index (χ4n) is 2.58. The van der Waals surface area contributed by atoms with E-state index >= 15 is 0 Å². The second-order valence-electron chi connectivity index (χ2n) is 5.07. The van der Waals surface area contributed by atoms with Crippen molar-refractivity contribution in [2.24, 2.45) is 0 Å². The molecule has 1 saturated heterocycles. The molecule has 0 saturated carbocycles. The number of amides is 3. The Balaban J connectivity index is 1.74. The van der Waals surface area contributed by atoms with Gasteiger partial charge in [-0.1, -0.05) is 29.8 Å². The highest BCUT2D eigenvalue weighted by molar-refractivity contribution is 6.31. The van der Waals surface area contributed by atoms with E-state index in [4.69, 9.17) is 11.6 Å². The molecule has 3 amide bonds. The average molecular weight is 319 g/mol. The third kappa shape index (κ3) is 2.82. The second kappa shape index (κ2) is 6.19. The zero-order chi connectivity index (χ0) is 15.5. The number of hydrogen-bond acceptors (Lipinski definition) is 3. The van der Waals surface area contributed by atoms with Gasteiger partial charge in [0.15, 0.2) is 0 Å². The van der Waals surface area contributed by atoms with Crippen molar-refractivity contribution in [1.29, 1.82) is 0 Å². The number of hydrogen-bond donors (Lipinski definition) is 1. The van der Waals surface area contributed by atoms with Crippen molar-refractivity contribution < 1.29 is 9.59 Å². The maximum Gasteiger partial charge on any atom is 0.325 e. The number of nitrogens with zero attached hydrogens (tertiary/aromatic N) is 3. The molecule has 6 nitrogen and oxygen atoms in total. The molecule has 0 bridgehead atoms. The molecule has 1 aromatic heterocycles. The number of halogens is 1. The molecule has 1 aromatic carbocycles. The van der Waals surface area contributed by atoms with Gasteiger partial charge in [0.2, 0.25) is 0 Å². The van der Waals surface area contributed by atoms with Crippen LogP contribution in [0.4, 0.5) is 4.79 Å². The van der Waals surface area contributed by atoms with Crippen LogP contribution < -0.4 is 5.32 Å². The minimum absolute atomic E-state index is 0.333. The van der Waals surface area contributed by atoms with Crippen LogP contribution in [-0.4, -0.2) is 32.9 Å². The number of carbonyl (C=O) groups excluding carboxylic acids is 2. The Morgan fingerprint density at radius 3 is 2.77 bits per heavy atom. The zero-order valence-electron chi connectivity index (χ0n) is 11.8. The van der Waals surface area contributed by atoms with Crippen molar-refractivity contribution >= 4 is 23.5 Å². The average Bonchev–Trinajstić information content (AvgIpc) is 3.09. The minimum atomic E-state index is -0.663. The summed E-state index contributed by atoms with van der Waals surface area (Å²) >= 11 is 6.17. The summed E-state index contributed by atoms with van der Waals surface area (Å²) in [6.45, 7) is 1.19. The quantitative estimate of drug-likeness (QED) is 0.860. The van der Waals surface area contributed by atoms with Gasteiger partial charge in [0.05, 0.1) is 6.33 Å². The van der Waals surface area contributed by atoms with Gasteiger partial charge in [-0.3, -0.25) is 10.1 Å². The molecule has 1 aliphatic heterocycles. The molecule has 1 unspecified atom stereocenters. The number of aromatic nitrogens is 2. The Morgan fingerprint density at radius 2 is 2.05 bits per heavy atom. The summed E-state index contributed by atoms with van der Waals surface area (Å²) in [4.78, 5) is 29.6. The van der Waals surface area contributed by atoms with Crippen LogP contribution in [0.1, 0.15) is 18.0 Å². The molecule has 1 N–H and O–H groups in total. The van der Waals surface area contributed by atoms with Crippen LogP contribution in [0.5, 0.6) is 0 Å². The number of imide groups is 1. The molecular weight excluding hydrogens is 304 g/mol. The first-order valence-electron chi connectivity index (χ1n) is 6.98. The fourth-order valence-corrected chi connectivity index (χ4v) is 2.82. The molecule has 2 heterocycles. The predicted molar refractivity (Wildman–Crippen MR) is 81.3 cm³/mol. The molecule has 7 heteroatoms. The van der Waals surface area contributed by atoms with Crippen molar-refractivity contribution in [2.45, 2.75) is 19.0 Å². The largest absolute Gasteiger partial charge is 0.337 e. The van der Waals surface area contributed by atoms with Gasteiger partial charge in [-0.05, 0) is 12.5 Å². The Bertz CT molecular complexity index is 687. The lowest BCUT2D eigenvalue weighted by Crippen LogP contribution is -2.31. The van der Waals surface area contributed by atoms with Gasteiger partial charge in [0.25, 0.3) is 5.91 Å². The standard InChI is InChI=1S/C15H15ClN4O2/c16-12-5-2-1-4-11(12)13-14(21)18-15(22)20(13)8-3-7-19-9-6-17-10-19/h1-2,4-6,9-10,13H,3,7-8H2,(H,18,21,22). The first kappa shape index (κ1) is 14.6. The van der Waals surface area contributed by atoms with E-state index in [0.717, 1.165) is 13.0 Å². The van der Waals surface area contributed by atoms with Gasteiger partial charge in [-0.2, -0.15) is 0 Å². The normalized spacial score (nSPS) is 17.9. The van der Waals surface area contributed by atoms with Gasteiger partial charge in [-0.25, -0.2) is 9.78 Å². The maximum atomic E-state index is 12.1. The lowest BCUT2D eigenvalue weighted by molar-refractivity contribution is -0.121. The summed E-state index contributed by atoms with van der Waals surface area (Å²) < 4.78 is 1.93. The number of aryl methyl sites for hydroxylation is 1. The van der Waals surface area contributed by atoms with Gasteiger partial charge in [-0.15, -0.1) is 0 Å². The number of urea groups is 1. The van der Waals surface area contributed by atoms with E-state index in [-0.39, 0.29) is 11.9 Å². The van der Waals surface area contributed by atoms with Gasteiger partial charge in [0.1, 0.15) is 6.04 Å². The van der Waals surface area contributed by atoms with Gasteiger partial charge in [0, 0.05) is 36.1 Å². The van der Waals surface area contributed by atoms with Crippen molar-refractivity contribution in [3.05, 3.63) is 53.6 Å². The Labute approximate surface area is 132 Å².